The van der Waals surface area contributed by atoms with Gasteiger partial charge in [-0.1, -0.05) is 26.8 Å². The van der Waals surface area contributed by atoms with Crippen molar-refractivity contribution in [2.24, 2.45) is 35.0 Å². The maximum atomic E-state index is 12.2. The molecule has 2 N–H and O–H groups in total. The normalized spacial score (nSPS) is 50.7. The van der Waals surface area contributed by atoms with Crippen molar-refractivity contribution in [1.82, 2.24) is 0 Å². The van der Waals surface area contributed by atoms with Gasteiger partial charge in [-0.25, -0.2) is 4.79 Å². The van der Waals surface area contributed by atoms with E-state index in [4.69, 9.17) is 14.2 Å². The Labute approximate surface area is 192 Å². The minimum absolute atomic E-state index is 0.355. The number of esters is 1. The van der Waals surface area contributed by atoms with Crippen molar-refractivity contribution in [3.8, 4) is 0 Å². The number of hydrogen-bond acceptors (Lipinski definition) is 6. The summed E-state index contributed by atoms with van der Waals surface area (Å²) in [6.45, 7) is 14.4. The topological polar surface area (TPSA) is 85.2 Å². The van der Waals surface area contributed by atoms with Crippen LogP contribution in [0.15, 0.2) is 11.6 Å². The minimum Gasteiger partial charge on any atom is -0.453 e. The predicted octanol–water partition coefficient (Wildman–Crippen LogP) is 3.83. The SMILES string of the molecule is C/C=C(/C)C(=O)O[C@H]1[C@H](O)[C@@H](O)[C@H](O[C@]2(C)CC[C@@]34[C@@H]([C@H]32)[C@H](C(C)C)CC[C@H]4C)O[C@@H]1C. The van der Waals surface area contributed by atoms with Crippen LogP contribution in [0.3, 0.4) is 0 Å². The zero-order valence-corrected chi connectivity index (χ0v) is 20.7. The van der Waals surface area contributed by atoms with Crippen molar-refractivity contribution in [2.45, 2.75) is 110 Å². The molecule has 4 aliphatic rings. The Morgan fingerprint density at radius 3 is 2.47 bits per heavy atom. The number of allylic oxidation sites excluding steroid dienone is 1. The second-order valence-corrected chi connectivity index (χ2v) is 11.5. The number of aliphatic hydroxyl groups is 2. The molecule has 4 fully saturated rings. The summed E-state index contributed by atoms with van der Waals surface area (Å²) in [6.07, 6.45) is 1.32. The third-order valence-electron chi connectivity index (χ3n) is 9.49. The number of rotatable bonds is 5. The summed E-state index contributed by atoms with van der Waals surface area (Å²) in [7, 11) is 0. The second-order valence-electron chi connectivity index (χ2n) is 11.5. The fourth-order valence-electron chi connectivity index (χ4n) is 7.54. The van der Waals surface area contributed by atoms with E-state index in [1.165, 1.54) is 12.8 Å². The van der Waals surface area contributed by atoms with Crippen LogP contribution in [0, 0.1) is 35.0 Å². The third-order valence-corrected chi connectivity index (χ3v) is 9.49. The summed E-state index contributed by atoms with van der Waals surface area (Å²) in [5.41, 5.74) is 0.423. The molecule has 0 aromatic rings. The lowest BCUT2D eigenvalue weighted by Gasteiger charge is -2.44. The molecule has 0 amide bonds. The number of ether oxygens (including phenoxy) is 3. The molecule has 3 aliphatic carbocycles. The van der Waals surface area contributed by atoms with Crippen LogP contribution in [-0.2, 0) is 19.0 Å². The first-order valence-electron chi connectivity index (χ1n) is 12.5. The summed E-state index contributed by atoms with van der Waals surface area (Å²) in [5.74, 6) is 2.70. The van der Waals surface area contributed by atoms with E-state index in [0.717, 1.165) is 18.8 Å². The predicted molar refractivity (Wildman–Crippen MR) is 121 cm³/mol. The van der Waals surface area contributed by atoms with E-state index in [1.54, 1.807) is 26.8 Å². The lowest BCUT2D eigenvalue weighted by molar-refractivity contribution is -0.322. The van der Waals surface area contributed by atoms with Crippen molar-refractivity contribution in [3.05, 3.63) is 11.6 Å². The third kappa shape index (κ3) is 3.57. The van der Waals surface area contributed by atoms with E-state index in [1.807, 2.05) is 0 Å². The molecule has 0 aromatic heterocycles. The fraction of sp³-hybridized carbons (Fsp3) is 0.885. The minimum atomic E-state index is -1.28. The quantitative estimate of drug-likeness (QED) is 0.376. The lowest BCUT2D eigenvalue weighted by atomic mass is 9.69. The monoisotopic (exact) mass is 450 g/mol. The van der Waals surface area contributed by atoms with E-state index in [-0.39, 0.29) is 5.60 Å². The average Bonchev–Trinajstić information content (AvgIpc) is 3.36. The highest BCUT2D eigenvalue weighted by molar-refractivity contribution is 5.87. The number of carbonyl (C=O) groups is 1. The van der Waals surface area contributed by atoms with Gasteiger partial charge in [-0.3, -0.25) is 0 Å². The molecule has 3 saturated carbocycles. The van der Waals surface area contributed by atoms with E-state index >= 15 is 0 Å². The molecule has 1 spiro atoms. The summed E-state index contributed by atoms with van der Waals surface area (Å²) < 4.78 is 18.0. The van der Waals surface area contributed by atoms with Gasteiger partial charge < -0.3 is 24.4 Å². The van der Waals surface area contributed by atoms with Crippen LogP contribution < -0.4 is 0 Å². The number of aliphatic hydroxyl groups excluding tert-OH is 2. The Kier molecular flexibility index (Phi) is 6.32. The Hall–Kier alpha value is -0.950. The van der Waals surface area contributed by atoms with E-state index in [0.29, 0.717) is 34.7 Å². The highest BCUT2D eigenvalue weighted by Crippen LogP contribution is 2.81. The number of fused-ring (bicyclic) bond motifs is 1. The standard InChI is InChI=1S/C26H42O6/c1-8-14(4)23(29)31-21-16(6)30-24(20(28)19(21)27)32-25(7)11-12-26-15(5)9-10-17(13(2)3)18(26)22(25)26/h8,13,15-22,24,27-28H,9-12H2,1-7H3/b14-8-/t15-,16-,17+,18-,19-,20-,21-,22+,24+,25-,26-/m1/s1. The smallest absolute Gasteiger partial charge is 0.333 e. The van der Waals surface area contributed by atoms with Crippen LogP contribution in [0.4, 0.5) is 0 Å². The maximum Gasteiger partial charge on any atom is 0.333 e. The molecule has 1 heterocycles. The van der Waals surface area contributed by atoms with Gasteiger partial charge in [0.15, 0.2) is 12.4 Å². The Morgan fingerprint density at radius 2 is 1.84 bits per heavy atom. The van der Waals surface area contributed by atoms with E-state index in [9.17, 15) is 15.0 Å². The molecule has 0 unspecified atom stereocenters. The molecule has 182 valence electrons. The first kappa shape index (κ1) is 24.2. The van der Waals surface area contributed by atoms with Crippen molar-refractivity contribution >= 4 is 5.97 Å². The molecule has 11 atom stereocenters. The second kappa shape index (κ2) is 8.37. The lowest BCUT2D eigenvalue weighted by Crippen LogP contribution is -2.60. The van der Waals surface area contributed by atoms with Crippen LogP contribution in [0.25, 0.3) is 0 Å². The Bertz CT molecular complexity index is 763. The van der Waals surface area contributed by atoms with Gasteiger partial charge >= 0.3 is 5.97 Å². The highest BCUT2D eigenvalue weighted by Gasteiger charge is 2.79. The summed E-state index contributed by atoms with van der Waals surface area (Å²) in [5, 5.41) is 21.6. The molecule has 6 heteroatoms. The largest absolute Gasteiger partial charge is 0.453 e. The van der Waals surface area contributed by atoms with Gasteiger partial charge in [0, 0.05) is 5.57 Å². The average molecular weight is 451 g/mol. The molecule has 0 radical (unpaired) electrons. The van der Waals surface area contributed by atoms with Crippen molar-refractivity contribution in [3.63, 3.8) is 0 Å². The van der Waals surface area contributed by atoms with Crippen molar-refractivity contribution in [2.75, 3.05) is 0 Å². The summed E-state index contributed by atoms with van der Waals surface area (Å²) >= 11 is 0. The molecule has 0 bridgehead atoms. The van der Waals surface area contributed by atoms with Crippen LogP contribution in [0.5, 0.6) is 0 Å². The van der Waals surface area contributed by atoms with Gasteiger partial charge in [-0.15, -0.1) is 0 Å². The van der Waals surface area contributed by atoms with Gasteiger partial charge in [0.2, 0.25) is 0 Å². The Balaban J connectivity index is 1.47. The molecule has 1 aliphatic heterocycles. The molecule has 0 aromatic carbocycles. The first-order valence-corrected chi connectivity index (χ1v) is 12.5. The molecule has 1 saturated heterocycles. The molecular formula is C26H42O6. The molecule has 4 rings (SSSR count). The van der Waals surface area contributed by atoms with Crippen molar-refractivity contribution < 1.29 is 29.2 Å². The van der Waals surface area contributed by atoms with Crippen LogP contribution >= 0.6 is 0 Å². The maximum absolute atomic E-state index is 12.2. The van der Waals surface area contributed by atoms with E-state index in [2.05, 4.69) is 27.7 Å². The van der Waals surface area contributed by atoms with Crippen LogP contribution in [-0.4, -0.2) is 52.5 Å². The van der Waals surface area contributed by atoms with Gasteiger partial charge in [0.05, 0.1) is 11.7 Å². The van der Waals surface area contributed by atoms with Gasteiger partial charge in [0.25, 0.3) is 0 Å². The number of carbonyl (C=O) groups excluding carboxylic acids is 1. The number of hydrogen-bond donors (Lipinski definition) is 2. The highest BCUT2D eigenvalue weighted by atomic mass is 16.7. The molecular weight excluding hydrogens is 408 g/mol. The van der Waals surface area contributed by atoms with E-state index < -0.39 is 36.7 Å². The van der Waals surface area contributed by atoms with Gasteiger partial charge in [-0.2, -0.15) is 0 Å². The first-order chi connectivity index (χ1) is 15.0. The zero-order valence-electron chi connectivity index (χ0n) is 20.7. The fourth-order valence-corrected chi connectivity index (χ4v) is 7.54. The van der Waals surface area contributed by atoms with Crippen LogP contribution in [0.1, 0.15) is 74.1 Å². The van der Waals surface area contributed by atoms with Gasteiger partial charge in [0.1, 0.15) is 12.2 Å². The summed E-state index contributed by atoms with van der Waals surface area (Å²) in [6, 6.07) is 0. The zero-order chi connectivity index (χ0) is 23.6. The van der Waals surface area contributed by atoms with Gasteiger partial charge in [-0.05, 0) is 88.4 Å². The Morgan fingerprint density at radius 1 is 1.16 bits per heavy atom. The summed E-state index contributed by atoms with van der Waals surface area (Å²) in [4.78, 5) is 12.2. The molecule has 6 nitrogen and oxygen atoms in total. The van der Waals surface area contributed by atoms with Crippen molar-refractivity contribution in [1.29, 1.82) is 0 Å². The molecule has 32 heavy (non-hydrogen) atoms. The van der Waals surface area contributed by atoms with Crippen LogP contribution in [0.2, 0.25) is 0 Å².